The normalized spacial score (nSPS) is 12.7. The summed E-state index contributed by atoms with van der Waals surface area (Å²) in [4.78, 5) is 25.6. The highest BCUT2D eigenvalue weighted by molar-refractivity contribution is 5.70. The molecule has 0 saturated carbocycles. The molecular weight excluding hydrogens is 861 g/mol. The molecule has 1 atom stereocenters. The highest BCUT2D eigenvalue weighted by atomic mass is 16.6. The van der Waals surface area contributed by atoms with E-state index in [2.05, 4.69) is 93.7 Å². The van der Waals surface area contributed by atoms with Gasteiger partial charge < -0.3 is 14.2 Å². The lowest BCUT2D eigenvalue weighted by molar-refractivity contribution is -0.163. The van der Waals surface area contributed by atoms with Crippen molar-refractivity contribution in [1.29, 1.82) is 0 Å². The van der Waals surface area contributed by atoms with Gasteiger partial charge in [0.2, 0.25) is 0 Å². The fourth-order valence-corrected chi connectivity index (χ4v) is 8.71. The highest BCUT2D eigenvalue weighted by Crippen LogP contribution is 2.16. The van der Waals surface area contributed by atoms with Crippen LogP contribution in [-0.4, -0.2) is 37.9 Å². The molecule has 0 aromatic carbocycles. The molecule has 5 heteroatoms. The third-order valence-electron chi connectivity index (χ3n) is 13.2. The first-order valence-electron chi connectivity index (χ1n) is 30.5. The molecule has 0 fully saturated rings. The molecule has 0 aromatic rings. The zero-order valence-corrected chi connectivity index (χ0v) is 46.8. The van der Waals surface area contributed by atoms with Crippen LogP contribution >= 0.6 is 0 Å². The Balaban J connectivity index is 4.29. The zero-order chi connectivity index (χ0) is 50.6. The zero-order valence-electron chi connectivity index (χ0n) is 46.8. The van der Waals surface area contributed by atoms with E-state index in [0.717, 1.165) is 83.5 Å². The van der Waals surface area contributed by atoms with Crippen LogP contribution in [0.2, 0.25) is 0 Å². The van der Waals surface area contributed by atoms with Crippen molar-refractivity contribution in [3.63, 3.8) is 0 Å². The number of unbranched alkanes of at least 4 members (excludes halogenated alkanes) is 33. The Morgan fingerprint density at radius 2 is 0.643 bits per heavy atom. The molecule has 5 nitrogen and oxygen atoms in total. The summed E-state index contributed by atoms with van der Waals surface area (Å²) in [7, 11) is 0. The third-order valence-corrected chi connectivity index (χ3v) is 13.2. The molecule has 0 aromatic heterocycles. The number of ether oxygens (including phenoxy) is 3. The van der Waals surface area contributed by atoms with Crippen molar-refractivity contribution in [2.45, 2.75) is 309 Å². The number of hydrogen-bond acceptors (Lipinski definition) is 5. The number of carbonyl (C=O) groups excluding carboxylic acids is 2. The average Bonchev–Trinajstić information content (AvgIpc) is 3.36. The minimum atomic E-state index is -0.547. The maximum Gasteiger partial charge on any atom is 0.306 e. The van der Waals surface area contributed by atoms with Crippen molar-refractivity contribution in [3.8, 4) is 0 Å². The molecule has 0 amide bonds. The lowest BCUT2D eigenvalue weighted by Crippen LogP contribution is -2.30. The first-order chi connectivity index (χ1) is 34.6. The van der Waals surface area contributed by atoms with Crippen LogP contribution in [0.25, 0.3) is 0 Å². The summed E-state index contributed by atoms with van der Waals surface area (Å²) in [5.41, 5.74) is 0. The van der Waals surface area contributed by atoms with Gasteiger partial charge in [-0.1, -0.05) is 273 Å². The second kappa shape index (κ2) is 60.6. The minimum absolute atomic E-state index is 0.0768. The summed E-state index contributed by atoms with van der Waals surface area (Å²) in [6, 6.07) is 0. The molecule has 0 aliphatic rings. The molecule has 0 N–H and O–H groups in total. The summed E-state index contributed by atoms with van der Waals surface area (Å²) >= 11 is 0. The number of esters is 2. The van der Waals surface area contributed by atoms with E-state index in [-0.39, 0.29) is 25.2 Å². The molecule has 0 aliphatic heterocycles. The molecule has 0 rings (SSSR count). The lowest BCUT2D eigenvalue weighted by atomic mass is 10.0. The second-order valence-electron chi connectivity index (χ2n) is 20.2. The van der Waals surface area contributed by atoms with Gasteiger partial charge >= 0.3 is 11.9 Å². The van der Waals surface area contributed by atoms with Crippen LogP contribution in [0.5, 0.6) is 0 Å². The molecule has 0 spiro atoms. The van der Waals surface area contributed by atoms with E-state index < -0.39 is 6.10 Å². The maximum absolute atomic E-state index is 12.9. The number of rotatable bonds is 56. The van der Waals surface area contributed by atoms with Gasteiger partial charge in [0.15, 0.2) is 6.10 Å². The molecule has 0 heterocycles. The van der Waals surface area contributed by atoms with Gasteiger partial charge in [-0.2, -0.15) is 0 Å². The van der Waals surface area contributed by atoms with Crippen LogP contribution in [0.3, 0.4) is 0 Å². The van der Waals surface area contributed by atoms with E-state index in [9.17, 15) is 9.59 Å². The van der Waals surface area contributed by atoms with Gasteiger partial charge in [0.25, 0.3) is 0 Å². The number of hydrogen-bond donors (Lipinski definition) is 0. The van der Waals surface area contributed by atoms with E-state index >= 15 is 0 Å². The van der Waals surface area contributed by atoms with Gasteiger partial charge in [-0.05, 0) is 89.9 Å². The molecule has 406 valence electrons. The minimum Gasteiger partial charge on any atom is -0.462 e. The van der Waals surface area contributed by atoms with E-state index in [1.807, 2.05) is 0 Å². The van der Waals surface area contributed by atoms with Gasteiger partial charge in [-0.25, -0.2) is 0 Å². The summed E-state index contributed by atoms with van der Waals surface area (Å²) < 4.78 is 17.5. The second-order valence-corrected chi connectivity index (χ2v) is 20.2. The summed E-state index contributed by atoms with van der Waals surface area (Å²) in [5, 5.41) is 0. The Morgan fingerprint density at radius 3 is 1.06 bits per heavy atom. The van der Waals surface area contributed by atoms with Crippen LogP contribution in [0.1, 0.15) is 303 Å². The Kier molecular flexibility index (Phi) is 58.3. The van der Waals surface area contributed by atoms with E-state index in [4.69, 9.17) is 14.2 Å². The van der Waals surface area contributed by atoms with Crippen LogP contribution in [0.4, 0.5) is 0 Å². The smallest absolute Gasteiger partial charge is 0.306 e. The topological polar surface area (TPSA) is 61.8 Å². The summed E-state index contributed by atoms with van der Waals surface area (Å²) in [5.74, 6) is -0.401. The van der Waals surface area contributed by atoms with Crippen LogP contribution in [-0.2, 0) is 23.8 Å². The Bertz CT molecular complexity index is 1240. The van der Waals surface area contributed by atoms with Gasteiger partial charge in [0.05, 0.1) is 6.61 Å². The predicted octanol–water partition coefficient (Wildman–Crippen LogP) is 21.0. The van der Waals surface area contributed by atoms with E-state index in [1.165, 1.54) is 186 Å². The summed E-state index contributed by atoms with van der Waals surface area (Å²) in [6.45, 7) is 7.71. The third kappa shape index (κ3) is 57.9. The van der Waals surface area contributed by atoms with Crippen molar-refractivity contribution < 1.29 is 23.8 Å². The van der Waals surface area contributed by atoms with Gasteiger partial charge in [-0.3, -0.25) is 9.59 Å². The first-order valence-corrected chi connectivity index (χ1v) is 30.5. The van der Waals surface area contributed by atoms with Gasteiger partial charge in [-0.15, -0.1) is 0 Å². The maximum atomic E-state index is 12.9. The number of carbonyl (C=O) groups is 2. The molecule has 1 unspecified atom stereocenters. The quantitative estimate of drug-likeness (QED) is 0.0345. The van der Waals surface area contributed by atoms with Crippen molar-refractivity contribution in [3.05, 3.63) is 72.9 Å². The monoisotopic (exact) mass is 977 g/mol. The number of allylic oxidation sites excluding steroid dienone is 12. The average molecular weight is 978 g/mol. The standard InChI is InChI=1S/C65H116O5/c1-4-7-10-13-16-19-22-25-28-31-32-33-36-39-42-45-48-51-54-57-60-68-61-63(70-65(67)59-56-53-50-47-44-41-38-35-30-27-24-21-18-15-12-9-6-3)62-69-64(66)58-55-52-49-46-43-40-37-34-29-26-23-20-17-14-11-8-5-2/h8,11,16-17,19-20,25-26,28-29,32-33,63H,4-7,9-10,12-15,18,21-24,27,30-31,34-62H2,1-3H3/b11-8-,19-16-,20-17-,28-25-,29-26-,33-32-. The molecule has 0 aliphatic carbocycles. The molecule has 70 heavy (non-hydrogen) atoms. The van der Waals surface area contributed by atoms with Crippen molar-refractivity contribution in [2.75, 3.05) is 19.8 Å². The van der Waals surface area contributed by atoms with Crippen molar-refractivity contribution in [2.24, 2.45) is 0 Å². The molecule has 0 saturated heterocycles. The largest absolute Gasteiger partial charge is 0.462 e. The fourth-order valence-electron chi connectivity index (χ4n) is 8.71. The van der Waals surface area contributed by atoms with Crippen molar-refractivity contribution >= 4 is 11.9 Å². The predicted molar refractivity (Wildman–Crippen MR) is 307 cm³/mol. The molecule has 0 radical (unpaired) electrons. The van der Waals surface area contributed by atoms with Gasteiger partial charge in [0, 0.05) is 19.4 Å². The molecule has 0 bridgehead atoms. The Hall–Kier alpha value is -2.66. The van der Waals surface area contributed by atoms with Crippen LogP contribution in [0, 0.1) is 0 Å². The van der Waals surface area contributed by atoms with Gasteiger partial charge in [0.1, 0.15) is 6.61 Å². The van der Waals surface area contributed by atoms with Crippen LogP contribution in [0.15, 0.2) is 72.9 Å². The SMILES string of the molecule is CC/C=C\C/C=C\C/C=C\CCCCCCCCCC(=O)OCC(COCCCCCCCCC/C=C\C/C=C\C/C=C\CCCCC)OC(=O)CCCCCCCCCCCCCCCCCCC. The van der Waals surface area contributed by atoms with E-state index in [0.29, 0.717) is 19.4 Å². The Morgan fingerprint density at radius 1 is 0.329 bits per heavy atom. The molecular formula is C65H116O5. The highest BCUT2D eigenvalue weighted by Gasteiger charge is 2.17. The first kappa shape index (κ1) is 67.3. The summed E-state index contributed by atoms with van der Waals surface area (Å²) in [6.07, 6.45) is 79.3. The fraction of sp³-hybridized carbons (Fsp3) is 0.785. The Labute approximate surface area is 436 Å². The van der Waals surface area contributed by atoms with Crippen LogP contribution < -0.4 is 0 Å². The lowest BCUT2D eigenvalue weighted by Gasteiger charge is -2.18. The van der Waals surface area contributed by atoms with Crippen molar-refractivity contribution in [1.82, 2.24) is 0 Å². The van der Waals surface area contributed by atoms with E-state index in [1.54, 1.807) is 0 Å².